The third kappa shape index (κ3) is 7.08. The van der Waals surface area contributed by atoms with Crippen molar-refractivity contribution >= 4 is 37.2 Å². The molecule has 40 heavy (non-hydrogen) atoms. The fourth-order valence-electron chi connectivity index (χ4n) is 5.86. The molecule has 1 aromatic carbocycles. The lowest BCUT2D eigenvalue weighted by Crippen LogP contribution is -2.49. The number of carbonyl (C=O) groups is 2. The van der Waals surface area contributed by atoms with E-state index in [0.29, 0.717) is 17.4 Å². The molecular formula is C33H49NO4SSi. The van der Waals surface area contributed by atoms with Gasteiger partial charge in [-0.25, -0.2) is 4.79 Å². The standard InChI is InChI=1S/C33H49NO4SSi/c1-8-37-32(36)30-28(22-29(39-30)24-12-10-9-11-13-24)34(31(35)25-16-14-23(2)15-17-25)26-18-20-27(21-19-26)38-40(6,7)33(3,4)5/h9-13,22-23,25-27H,8,14-21H2,1-7H3. The van der Waals surface area contributed by atoms with Crippen molar-refractivity contribution in [2.45, 2.75) is 116 Å². The summed E-state index contributed by atoms with van der Waals surface area (Å²) in [7, 11) is -1.87. The van der Waals surface area contributed by atoms with Crippen LogP contribution in [0.4, 0.5) is 5.69 Å². The molecule has 0 radical (unpaired) electrons. The zero-order chi connectivity index (χ0) is 29.1. The highest BCUT2D eigenvalue weighted by atomic mass is 32.1. The fourth-order valence-corrected chi connectivity index (χ4v) is 8.33. The van der Waals surface area contributed by atoms with Crippen molar-refractivity contribution in [3.8, 4) is 10.4 Å². The Balaban J connectivity index is 1.67. The highest BCUT2D eigenvalue weighted by Gasteiger charge is 2.42. The minimum absolute atomic E-state index is 0.00697. The molecule has 2 aliphatic rings. The number of benzene rings is 1. The topological polar surface area (TPSA) is 55.8 Å². The summed E-state index contributed by atoms with van der Waals surface area (Å²) in [6, 6.07) is 12.2. The second kappa shape index (κ2) is 12.9. The molecular weight excluding hydrogens is 535 g/mol. The second-order valence-corrected chi connectivity index (χ2v) is 19.2. The Morgan fingerprint density at radius 2 is 1.60 bits per heavy atom. The summed E-state index contributed by atoms with van der Waals surface area (Å²) in [6.07, 6.45) is 7.88. The molecule has 0 unspecified atom stereocenters. The average Bonchev–Trinajstić information content (AvgIpc) is 3.35. The summed E-state index contributed by atoms with van der Waals surface area (Å²) in [4.78, 5) is 31.2. The number of carbonyl (C=O) groups excluding carboxylic acids is 2. The van der Waals surface area contributed by atoms with Gasteiger partial charge in [0, 0.05) is 22.9 Å². The van der Waals surface area contributed by atoms with Crippen LogP contribution < -0.4 is 4.90 Å². The molecule has 0 aliphatic heterocycles. The summed E-state index contributed by atoms with van der Waals surface area (Å²) in [5.41, 5.74) is 1.79. The minimum Gasteiger partial charge on any atom is -0.462 e. The smallest absolute Gasteiger partial charge is 0.350 e. The summed E-state index contributed by atoms with van der Waals surface area (Å²) in [5.74, 6) is 0.521. The van der Waals surface area contributed by atoms with Gasteiger partial charge in [0.25, 0.3) is 0 Å². The summed E-state index contributed by atoms with van der Waals surface area (Å²) >= 11 is 1.44. The molecule has 1 amide bonds. The number of hydrogen-bond donors (Lipinski definition) is 0. The molecule has 2 aliphatic carbocycles. The maximum absolute atomic E-state index is 14.4. The lowest BCUT2D eigenvalue weighted by molar-refractivity contribution is -0.124. The number of hydrogen-bond acceptors (Lipinski definition) is 5. The lowest BCUT2D eigenvalue weighted by Gasteiger charge is -2.43. The molecule has 4 rings (SSSR count). The molecule has 1 aromatic heterocycles. The van der Waals surface area contributed by atoms with Crippen LogP contribution in [0.25, 0.3) is 10.4 Å². The van der Waals surface area contributed by atoms with Gasteiger partial charge in [-0.1, -0.05) is 58.0 Å². The Morgan fingerprint density at radius 1 is 0.975 bits per heavy atom. The van der Waals surface area contributed by atoms with Gasteiger partial charge >= 0.3 is 5.97 Å². The zero-order valence-corrected chi connectivity index (χ0v) is 27.4. The van der Waals surface area contributed by atoms with E-state index in [9.17, 15) is 9.59 Å². The first-order valence-corrected chi connectivity index (χ1v) is 19.0. The molecule has 7 heteroatoms. The molecule has 2 aromatic rings. The average molecular weight is 584 g/mol. The van der Waals surface area contributed by atoms with Gasteiger partial charge in [0.2, 0.25) is 5.91 Å². The van der Waals surface area contributed by atoms with Gasteiger partial charge < -0.3 is 14.1 Å². The number of rotatable bonds is 8. The number of esters is 1. The van der Waals surface area contributed by atoms with Gasteiger partial charge in [-0.15, -0.1) is 11.3 Å². The maximum atomic E-state index is 14.4. The van der Waals surface area contributed by atoms with E-state index in [1.165, 1.54) is 11.3 Å². The van der Waals surface area contributed by atoms with Crippen LogP contribution >= 0.6 is 11.3 Å². The van der Waals surface area contributed by atoms with Crippen molar-refractivity contribution in [2.24, 2.45) is 11.8 Å². The minimum atomic E-state index is -1.87. The quantitative estimate of drug-likeness (QED) is 0.230. The second-order valence-electron chi connectivity index (χ2n) is 13.4. The van der Waals surface area contributed by atoms with E-state index in [1.807, 2.05) is 30.0 Å². The van der Waals surface area contributed by atoms with E-state index in [4.69, 9.17) is 9.16 Å². The largest absolute Gasteiger partial charge is 0.462 e. The Labute approximate surface area is 246 Å². The molecule has 0 spiro atoms. The van der Waals surface area contributed by atoms with E-state index in [-0.39, 0.29) is 35.0 Å². The highest BCUT2D eigenvalue weighted by molar-refractivity contribution is 7.18. The molecule has 5 nitrogen and oxygen atoms in total. The summed E-state index contributed by atoms with van der Waals surface area (Å²) in [6.45, 7) is 15.9. The normalized spacial score (nSPS) is 24.0. The third-order valence-electron chi connectivity index (χ3n) is 9.37. The van der Waals surface area contributed by atoms with Gasteiger partial charge in [-0.3, -0.25) is 4.79 Å². The van der Waals surface area contributed by atoms with Crippen molar-refractivity contribution in [3.63, 3.8) is 0 Å². The Hall–Kier alpha value is -1.96. The predicted octanol–water partition coefficient (Wildman–Crippen LogP) is 9.08. The van der Waals surface area contributed by atoms with E-state index >= 15 is 0 Å². The maximum Gasteiger partial charge on any atom is 0.350 e. The molecule has 220 valence electrons. The molecule has 2 saturated carbocycles. The van der Waals surface area contributed by atoms with Gasteiger partial charge in [0.05, 0.1) is 12.3 Å². The molecule has 0 bridgehead atoms. The van der Waals surface area contributed by atoms with Crippen LogP contribution in [0.15, 0.2) is 36.4 Å². The molecule has 2 fully saturated rings. The van der Waals surface area contributed by atoms with E-state index in [2.05, 4.69) is 59.0 Å². The Kier molecular flexibility index (Phi) is 10.0. The number of anilines is 1. The number of amides is 1. The van der Waals surface area contributed by atoms with Gasteiger partial charge in [0.1, 0.15) is 4.88 Å². The van der Waals surface area contributed by atoms with E-state index in [1.54, 1.807) is 0 Å². The van der Waals surface area contributed by atoms with Crippen LogP contribution in [0, 0.1) is 11.8 Å². The van der Waals surface area contributed by atoms with Crippen molar-refractivity contribution in [3.05, 3.63) is 41.3 Å². The predicted molar refractivity (Wildman–Crippen MR) is 169 cm³/mol. The van der Waals surface area contributed by atoms with Gasteiger partial charge in [-0.2, -0.15) is 0 Å². The van der Waals surface area contributed by atoms with Gasteiger partial charge in [0.15, 0.2) is 8.32 Å². The first-order chi connectivity index (χ1) is 18.9. The number of nitrogens with zero attached hydrogens (tertiary/aromatic N) is 1. The van der Waals surface area contributed by atoms with Crippen LogP contribution in [0.2, 0.25) is 18.1 Å². The third-order valence-corrected chi connectivity index (χ3v) is 15.1. The molecule has 0 N–H and O–H groups in total. The van der Waals surface area contributed by atoms with E-state index < -0.39 is 8.32 Å². The zero-order valence-electron chi connectivity index (χ0n) is 25.6. The van der Waals surface area contributed by atoms with Crippen molar-refractivity contribution in [1.82, 2.24) is 0 Å². The lowest BCUT2D eigenvalue weighted by atomic mass is 9.81. The van der Waals surface area contributed by atoms with Crippen LogP contribution in [0.3, 0.4) is 0 Å². The molecule has 1 heterocycles. The Bertz CT molecular complexity index is 1140. The van der Waals surface area contributed by atoms with Crippen molar-refractivity contribution in [2.75, 3.05) is 11.5 Å². The fraction of sp³-hybridized carbons (Fsp3) is 0.636. The van der Waals surface area contributed by atoms with Crippen LogP contribution in [0.5, 0.6) is 0 Å². The number of ether oxygens (including phenoxy) is 1. The van der Waals surface area contributed by atoms with Crippen LogP contribution in [0.1, 0.15) is 95.7 Å². The molecule has 0 atom stereocenters. The summed E-state index contributed by atoms with van der Waals surface area (Å²) in [5, 5.41) is 0.170. The molecule has 0 saturated heterocycles. The summed E-state index contributed by atoms with van der Waals surface area (Å²) < 4.78 is 12.3. The van der Waals surface area contributed by atoms with E-state index in [0.717, 1.165) is 67.5 Å². The first-order valence-electron chi connectivity index (χ1n) is 15.3. The first kappa shape index (κ1) is 31.0. The van der Waals surface area contributed by atoms with Crippen LogP contribution in [-0.4, -0.2) is 38.9 Å². The monoisotopic (exact) mass is 583 g/mol. The van der Waals surface area contributed by atoms with Crippen LogP contribution in [-0.2, 0) is 14.0 Å². The highest BCUT2D eigenvalue weighted by Crippen LogP contribution is 2.43. The number of thiophene rings is 1. The van der Waals surface area contributed by atoms with Crippen molar-refractivity contribution in [1.29, 1.82) is 0 Å². The SMILES string of the molecule is CCOC(=O)c1sc(-c2ccccc2)cc1N(C(=O)C1CCC(C)CC1)C1CCC(O[Si](C)(C)C(C)(C)C)CC1. The Morgan fingerprint density at radius 3 is 2.17 bits per heavy atom. The van der Waals surface area contributed by atoms with Crippen molar-refractivity contribution < 1.29 is 18.8 Å². The van der Waals surface area contributed by atoms with Gasteiger partial charge in [-0.05, 0) is 94.0 Å².